The molecule has 0 spiro atoms. The first-order valence-electron chi connectivity index (χ1n) is 8.46. The van der Waals surface area contributed by atoms with Gasteiger partial charge < -0.3 is 0 Å². The normalized spacial score (nSPS) is 20.1. The van der Waals surface area contributed by atoms with Gasteiger partial charge in [-0.3, -0.25) is 29.2 Å². The van der Waals surface area contributed by atoms with Crippen molar-refractivity contribution in [2.75, 3.05) is 13.6 Å². The van der Waals surface area contributed by atoms with E-state index in [1.165, 1.54) is 38.5 Å². The Hall–Kier alpha value is -3.35. The fraction of sp³-hybridized carbons (Fsp3) is 0.250. The molecule has 0 bridgehead atoms. The Morgan fingerprint density at radius 1 is 1.00 bits per heavy atom. The first kappa shape index (κ1) is 18.4. The quantitative estimate of drug-likeness (QED) is 0.597. The van der Waals surface area contributed by atoms with Gasteiger partial charge in [0.05, 0.1) is 6.54 Å². The number of rotatable bonds is 5. The topological polar surface area (TPSA) is 87.7 Å². The van der Waals surface area contributed by atoms with Gasteiger partial charge in [0.2, 0.25) is 11.8 Å². The number of urea groups is 1. The molecule has 27 heavy (non-hydrogen) atoms. The van der Waals surface area contributed by atoms with Crippen molar-refractivity contribution in [3.05, 3.63) is 66.0 Å². The number of pyridine rings is 1. The Kier molecular flexibility index (Phi) is 4.85. The summed E-state index contributed by atoms with van der Waals surface area (Å²) in [5, 5.41) is 0. The average molecular weight is 365 g/mol. The van der Waals surface area contributed by atoms with Gasteiger partial charge in [-0.05, 0) is 31.0 Å². The van der Waals surface area contributed by atoms with Crippen molar-refractivity contribution in [3.8, 4) is 0 Å². The highest BCUT2D eigenvalue weighted by atomic mass is 16.2. The summed E-state index contributed by atoms with van der Waals surface area (Å²) in [6.45, 7) is 1.08. The molecule has 0 N–H and O–H groups in total. The lowest BCUT2D eigenvalue weighted by Crippen LogP contribution is -2.64. The van der Waals surface area contributed by atoms with Crippen molar-refractivity contribution in [3.63, 3.8) is 0 Å². The molecule has 138 valence electrons. The molecule has 1 fully saturated rings. The zero-order valence-corrected chi connectivity index (χ0v) is 15.1. The number of benzene rings is 1. The van der Waals surface area contributed by atoms with E-state index in [-0.39, 0.29) is 6.42 Å². The lowest BCUT2D eigenvalue weighted by Gasteiger charge is -2.40. The van der Waals surface area contributed by atoms with Crippen LogP contribution in [0.2, 0.25) is 0 Å². The molecule has 2 heterocycles. The van der Waals surface area contributed by atoms with Gasteiger partial charge in [-0.1, -0.05) is 30.3 Å². The van der Waals surface area contributed by atoms with Gasteiger partial charge in [0.1, 0.15) is 5.41 Å². The molecular formula is C20H19N3O4. The number of aromatic nitrogens is 1. The SMILES string of the molecule is CN1C(=O)N(CC(=O)c2ccncc2)C(=O)C(C)(Cc2ccccc2)C1=O. The van der Waals surface area contributed by atoms with Crippen LogP contribution in [0.25, 0.3) is 0 Å². The second-order valence-electron chi connectivity index (χ2n) is 6.69. The van der Waals surface area contributed by atoms with E-state index in [9.17, 15) is 19.2 Å². The van der Waals surface area contributed by atoms with E-state index in [1.807, 2.05) is 30.3 Å². The van der Waals surface area contributed by atoms with E-state index in [0.29, 0.717) is 5.56 Å². The fourth-order valence-corrected chi connectivity index (χ4v) is 3.18. The number of hydrogen-bond donors (Lipinski definition) is 0. The van der Waals surface area contributed by atoms with E-state index in [4.69, 9.17) is 0 Å². The molecule has 7 nitrogen and oxygen atoms in total. The Labute approximate surface area is 156 Å². The predicted octanol–water partition coefficient (Wildman–Crippen LogP) is 1.93. The van der Waals surface area contributed by atoms with Crippen LogP contribution in [0.3, 0.4) is 0 Å². The number of hydrogen-bond acceptors (Lipinski definition) is 5. The molecule has 1 aromatic carbocycles. The number of barbiturate groups is 1. The number of Topliss-reactive ketones (excluding diaryl/α,β-unsaturated/α-hetero) is 1. The van der Waals surface area contributed by atoms with Crippen molar-refractivity contribution < 1.29 is 19.2 Å². The number of amides is 4. The molecule has 1 aromatic heterocycles. The monoisotopic (exact) mass is 365 g/mol. The highest BCUT2D eigenvalue weighted by Crippen LogP contribution is 2.32. The number of carbonyl (C=O) groups excluding carboxylic acids is 4. The van der Waals surface area contributed by atoms with Crippen LogP contribution in [0.5, 0.6) is 0 Å². The second-order valence-corrected chi connectivity index (χ2v) is 6.69. The first-order chi connectivity index (χ1) is 12.8. The molecule has 4 amide bonds. The molecule has 0 radical (unpaired) electrons. The third-order valence-corrected chi connectivity index (χ3v) is 4.72. The minimum absolute atomic E-state index is 0.142. The summed E-state index contributed by atoms with van der Waals surface area (Å²) in [6.07, 6.45) is 3.06. The van der Waals surface area contributed by atoms with Crippen LogP contribution in [0.1, 0.15) is 22.8 Å². The highest BCUT2D eigenvalue weighted by molar-refractivity contribution is 6.20. The van der Waals surface area contributed by atoms with Crippen LogP contribution in [-0.4, -0.2) is 52.0 Å². The zero-order valence-electron chi connectivity index (χ0n) is 15.1. The summed E-state index contributed by atoms with van der Waals surface area (Å²) < 4.78 is 0. The predicted molar refractivity (Wildman–Crippen MR) is 96.7 cm³/mol. The van der Waals surface area contributed by atoms with Crippen molar-refractivity contribution in [1.82, 2.24) is 14.8 Å². The first-order valence-corrected chi connectivity index (χ1v) is 8.46. The summed E-state index contributed by atoms with van der Waals surface area (Å²) >= 11 is 0. The van der Waals surface area contributed by atoms with E-state index in [0.717, 1.165) is 15.4 Å². The van der Waals surface area contributed by atoms with Crippen LogP contribution < -0.4 is 0 Å². The average Bonchev–Trinajstić information content (AvgIpc) is 2.70. The molecule has 1 atom stereocenters. The third-order valence-electron chi connectivity index (χ3n) is 4.72. The maximum atomic E-state index is 13.1. The second kappa shape index (κ2) is 7.11. The summed E-state index contributed by atoms with van der Waals surface area (Å²) in [5.74, 6) is -1.64. The lowest BCUT2D eigenvalue weighted by molar-refractivity contribution is -0.156. The molecular weight excluding hydrogens is 346 g/mol. The Morgan fingerprint density at radius 3 is 2.26 bits per heavy atom. The van der Waals surface area contributed by atoms with Crippen LogP contribution in [0.15, 0.2) is 54.9 Å². The van der Waals surface area contributed by atoms with Gasteiger partial charge in [-0.2, -0.15) is 0 Å². The largest absolute Gasteiger partial charge is 0.333 e. The summed E-state index contributed by atoms with van der Waals surface area (Å²) in [5.41, 5.74) is -0.317. The smallest absolute Gasteiger partial charge is 0.292 e. The zero-order chi connectivity index (χ0) is 19.6. The van der Waals surface area contributed by atoms with Gasteiger partial charge in [0.25, 0.3) is 0 Å². The van der Waals surface area contributed by atoms with Crippen molar-refractivity contribution >= 4 is 23.6 Å². The van der Waals surface area contributed by atoms with Crippen LogP contribution in [-0.2, 0) is 16.0 Å². The number of carbonyl (C=O) groups is 4. The minimum Gasteiger partial charge on any atom is -0.292 e. The van der Waals surface area contributed by atoms with Gasteiger partial charge in [-0.25, -0.2) is 4.79 Å². The Morgan fingerprint density at radius 2 is 1.63 bits per heavy atom. The summed E-state index contributed by atoms with van der Waals surface area (Å²) in [6, 6.07) is 11.3. The standard InChI is InChI=1S/C20H19N3O4/c1-20(12-14-6-4-3-5-7-14)17(25)22(2)19(27)23(18(20)26)13-16(24)15-8-10-21-11-9-15/h3-11H,12-13H2,1-2H3. The maximum Gasteiger partial charge on any atom is 0.333 e. The van der Waals surface area contributed by atoms with Crippen molar-refractivity contribution in [2.45, 2.75) is 13.3 Å². The molecule has 0 saturated carbocycles. The molecule has 1 aliphatic heterocycles. The van der Waals surface area contributed by atoms with E-state index < -0.39 is 35.6 Å². The summed E-state index contributed by atoms with van der Waals surface area (Å²) in [7, 11) is 1.32. The van der Waals surface area contributed by atoms with Crippen LogP contribution >= 0.6 is 0 Å². The molecule has 1 saturated heterocycles. The molecule has 3 rings (SSSR count). The number of imide groups is 2. The molecule has 1 aliphatic rings. The van der Waals surface area contributed by atoms with Crippen molar-refractivity contribution in [1.29, 1.82) is 0 Å². The van der Waals surface area contributed by atoms with E-state index in [2.05, 4.69) is 4.98 Å². The summed E-state index contributed by atoms with van der Waals surface area (Å²) in [4.78, 5) is 56.4. The van der Waals surface area contributed by atoms with Crippen LogP contribution in [0.4, 0.5) is 4.79 Å². The molecule has 0 aliphatic carbocycles. The third kappa shape index (κ3) is 3.36. The van der Waals surface area contributed by atoms with Crippen molar-refractivity contribution in [2.24, 2.45) is 5.41 Å². The van der Waals surface area contributed by atoms with Gasteiger partial charge in [0, 0.05) is 25.0 Å². The molecule has 1 unspecified atom stereocenters. The van der Waals surface area contributed by atoms with Gasteiger partial charge in [-0.15, -0.1) is 0 Å². The van der Waals surface area contributed by atoms with Gasteiger partial charge >= 0.3 is 6.03 Å². The molecule has 2 aromatic rings. The minimum atomic E-state index is -1.46. The van der Waals surface area contributed by atoms with E-state index in [1.54, 1.807) is 0 Å². The Balaban J connectivity index is 1.90. The number of ketones is 1. The van der Waals surface area contributed by atoms with Crippen LogP contribution in [0, 0.1) is 5.41 Å². The fourth-order valence-electron chi connectivity index (χ4n) is 3.18. The Bertz CT molecular complexity index is 898. The van der Waals surface area contributed by atoms with Gasteiger partial charge in [0.15, 0.2) is 5.78 Å². The highest BCUT2D eigenvalue weighted by Gasteiger charge is 2.53. The maximum absolute atomic E-state index is 13.1. The molecule has 7 heteroatoms. The number of nitrogens with zero attached hydrogens (tertiary/aromatic N) is 3. The van der Waals surface area contributed by atoms with E-state index >= 15 is 0 Å². The lowest BCUT2D eigenvalue weighted by atomic mass is 9.79.